The Balaban J connectivity index is 1.37. The number of aliphatic imine (C=N–C) groups is 1. The molecule has 4 nitrogen and oxygen atoms in total. The molecule has 140 valence electrons. The van der Waals surface area contributed by atoms with Gasteiger partial charge in [0.2, 0.25) is 0 Å². The lowest BCUT2D eigenvalue weighted by Gasteiger charge is -2.33. The van der Waals surface area contributed by atoms with Gasteiger partial charge >= 0.3 is 0 Å². The van der Waals surface area contributed by atoms with Gasteiger partial charge in [-0.2, -0.15) is 0 Å². The summed E-state index contributed by atoms with van der Waals surface area (Å²) in [6.07, 6.45) is 3.26. The van der Waals surface area contributed by atoms with Crippen LogP contribution < -0.4 is 10.6 Å². The van der Waals surface area contributed by atoms with Crippen LogP contribution in [0.4, 0.5) is 0 Å². The highest BCUT2D eigenvalue weighted by atomic mass is 35.5. The molecular weight excluding hydrogens is 364 g/mol. The minimum absolute atomic E-state index is 0.490. The van der Waals surface area contributed by atoms with Gasteiger partial charge in [-0.3, -0.25) is 9.89 Å². The van der Waals surface area contributed by atoms with Crippen molar-refractivity contribution in [2.45, 2.75) is 31.8 Å². The number of piperidine rings is 1. The Bertz CT molecular complexity index is 693. The van der Waals surface area contributed by atoms with Gasteiger partial charge in [-0.25, -0.2) is 0 Å². The van der Waals surface area contributed by atoms with E-state index >= 15 is 0 Å². The molecule has 2 heterocycles. The van der Waals surface area contributed by atoms with E-state index in [1.165, 1.54) is 10.4 Å². The van der Waals surface area contributed by atoms with E-state index in [2.05, 4.69) is 56.9 Å². The summed E-state index contributed by atoms with van der Waals surface area (Å²) in [5.74, 6) is 0.897. The Labute approximate surface area is 165 Å². The van der Waals surface area contributed by atoms with E-state index in [0.29, 0.717) is 6.04 Å². The van der Waals surface area contributed by atoms with E-state index in [1.807, 2.05) is 13.1 Å². The zero-order valence-electron chi connectivity index (χ0n) is 15.2. The van der Waals surface area contributed by atoms with Crippen molar-refractivity contribution in [2.75, 3.05) is 26.7 Å². The van der Waals surface area contributed by atoms with Crippen LogP contribution in [0.5, 0.6) is 0 Å². The lowest BCUT2D eigenvalue weighted by atomic mass is 10.0. The summed E-state index contributed by atoms with van der Waals surface area (Å²) in [5.41, 5.74) is 1.39. The molecule has 6 heteroatoms. The van der Waals surface area contributed by atoms with Crippen LogP contribution in [0.15, 0.2) is 47.5 Å². The maximum absolute atomic E-state index is 5.98. The second-order valence-corrected chi connectivity index (χ2v) is 8.43. The number of nitrogens with zero attached hydrogens (tertiary/aromatic N) is 2. The van der Waals surface area contributed by atoms with E-state index < -0.39 is 0 Å². The summed E-state index contributed by atoms with van der Waals surface area (Å²) >= 11 is 7.62. The average molecular weight is 391 g/mol. The van der Waals surface area contributed by atoms with Crippen molar-refractivity contribution in [3.63, 3.8) is 0 Å². The van der Waals surface area contributed by atoms with Crippen molar-refractivity contribution in [3.05, 3.63) is 57.2 Å². The zero-order chi connectivity index (χ0) is 18.2. The monoisotopic (exact) mass is 390 g/mol. The number of nitrogens with one attached hydrogen (secondary N) is 2. The molecule has 0 radical (unpaired) electrons. The highest BCUT2D eigenvalue weighted by Crippen LogP contribution is 2.21. The Kier molecular flexibility index (Phi) is 7.35. The van der Waals surface area contributed by atoms with E-state index in [1.54, 1.807) is 11.3 Å². The van der Waals surface area contributed by atoms with Gasteiger partial charge in [0.15, 0.2) is 5.96 Å². The molecule has 0 amide bonds. The molecule has 0 saturated carbocycles. The van der Waals surface area contributed by atoms with Crippen LogP contribution in [0.3, 0.4) is 0 Å². The van der Waals surface area contributed by atoms with Gasteiger partial charge in [0.05, 0.1) is 4.34 Å². The lowest BCUT2D eigenvalue weighted by molar-refractivity contribution is 0.198. The molecule has 1 aliphatic rings. The minimum Gasteiger partial charge on any atom is -0.356 e. The predicted molar refractivity (Wildman–Crippen MR) is 112 cm³/mol. The van der Waals surface area contributed by atoms with Crippen LogP contribution >= 0.6 is 22.9 Å². The summed E-state index contributed by atoms with van der Waals surface area (Å²) in [6, 6.07) is 15.3. The highest BCUT2D eigenvalue weighted by molar-refractivity contribution is 7.16. The average Bonchev–Trinajstić information content (AvgIpc) is 3.08. The van der Waals surface area contributed by atoms with Crippen molar-refractivity contribution >= 4 is 28.9 Å². The van der Waals surface area contributed by atoms with Crippen LogP contribution in [0.1, 0.15) is 23.3 Å². The van der Waals surface area contributed by atoms with Gasteiger partial charge in [-0.05, 0) is 37.0 Å². The molecular formula is C20H27ClN4S. The van der Waals surface area contributed by atoms with Gasteiger partial charge in [-0.1, -0.05) is 41.9 Å². The topological polar surface area (TPSA) is 39.7 Å². The number of hydrogen-bond donors (Lipinski definition) is 2. The van der Waals surface area contributed by atoms with Crippen LogP contribution in [0, 0.1) is 0 Å². The molecule has 1 saturated heterocycles. The summed E-state index contributed by atoms with van der Waals surface area (Å²) in [4.78, 5) is 8.19. The number of halogens is 1. The number of guanidine groups is 1. The maximum Gasteiger partial charge on any atom is 0.191 e. The third-order valence-corrected chi connectivity index (χ3v) is 5.98. The van der Waals surface area contributed by atoms with Gasteiger partial charge in [0.1, 0.15) is 0 Å². The first-order valence-electron chi connectivity index (χ1n) is 9.20. The number of benzene rings is 1. The largest absolute Gasteiger partial charge is 0.356 e. The van der Waals surface area contributed by atoms with Crippen LogP contribution in [0.2, 0.25) is 4.34 Å². The number of thiophene rings is 1. The first kappa shape index (κ1) is 19.2. The minimum atomic E-state index is 0.490. The smallest absolute Gasteiger partial charge is 0.191 e. The second-order valence-electron chi connectivity index (χ2n) is 6.64. The van der Waals surface area contributed by atoms with E-state index in [-0.39, 0.29) is 0 Å². The molecule has 1 aromatic heterocycles. The maximum atomic E-state index is 5.98. The van der Waals surface area contributed by atoms with E-state index in [0.717, 1.165) is 55.7 Å². The fourth-order valence-electron chi connectivity index (χ4n) is 3.26. The standard InChI is InChI=1S/C20H27ClN4S/c1-22-20(23-12-9-18-7-8-19(21)26-18)24-17-10-13-25(14-11-17)15-16-5-3-2-4-6-16/h2-8,17H,9-15H2,1H3,(H2,22,23,24). The Morgan fingerprint density at radius 2 is 1.96 bits per heavy atom. The van der Waals surface area contributed by atoms with Crippen molar-refractivity contribution in [1.82, 2.24) is 15.5 Å². The molecule has 26 heavy (non-hydrogen) atoms. The summed E-state index contributed by atoms with van der Waals surface area (Å²) in [5, 5.41) is 6.99. The first-order chi connectivity index (χ1) is 12.7. The molecule has 2 aromatic rings. The van der Waals surface area contributed by atoms with E-state index in [4.69, 9.17) is 11.6 Å². The van der Waals surface area contributed by atoms with Crippen molar-refractivity contribution in [2.24, 2.45) is 4.99 Å². The molecule has 0 atom stereocenters. The molecule has 1 fully saturated rings. The third-order valence-electron chi connectivity index (χ3n) is 4.69. The van der Waals surface area contributed by atoms with Crippen molar-refractivity contribution < 1.29 is 0 Å². The van der Waals surface area contributed by atoms with Gasteiger partial charge in [0.25, 0.3) is 0 Å². The Morgan fingerprint density at radius 3 is 2.62 bits per heavy atom. The number of rotatable bonds is 6. The lowest BCUT2D eigenvalue weighted by Crippen LogP contribution is -2.48. The molecule has 0 spiro atoms. The predicted octanol–water partition coefficient (Wildman–Crippen LogP) is 3.77. The number of hydrogen-bond acceptors (Lipinski definition) is 3. The molecule has 0 bridgehead atoms. The van der Waals surface area contributed by atoms with Gasteiger partial charge in [0, 0.05) is 44.1 Å². The van der Waals surface area contributed by atoms with Crippen LogP contribution in [-0.2, 0) is 13.0 Å². The molecule has 1 aromatic carbocycles. The van der Waals surface area contributed by atoms with Gasteiger partial charge in [-0.15, -0.1) is 11.3 Å². The normalized spacial score (nSPS) is 16.6. The molecule has 1 aliphatic heterocycles. The third kappa shape index (κ3) is 6.01. The molecule has 3 rings (SSSR count). The highest BCUT2D eigenvalue weighted by Gasteiger charge is 2.19. The second kappa shape index (κ2) is 9.95. The van der Waals surface area contributed by atoms with Crippen LogP contribution in [-0.4, -0.2) is 43.6 Å². The Hall–Kier alpha value is -1.56. The zero-order valence-corrected chi connectivity index (χ0v) is 16.8. The first-order valence-corrected chi connectivity index (χ1v) is 10.4. The summed E-state index contributed by atoms with van der Waals surface area (Å²) in [6.45, 7) is 4.15. The summed E-state index contributed by atoms with van der Waals surface area (Å²) < 4.78 is 0.852. The quantitative estimate of drug-likeness (QED) is 0.582. The van der Waals surface area contributed by atoms with Crippen molar-refractivity contribution in [3.8, 4) is 0 Å². The fraction of sp³-hybridized carbons (Fsp3) is 0.450. The van der Waals surface area contributed by atoms with Crippen LogP contribution in [0.25, 0.3) is 0 Å². The van der Waals surface area contributed by atoms with Crippen molar-refractivity contribution in [1.29, 1.82) is 0 Å². The fourth-order valence-corrected chi connectivity index (χ4v) is 4.34. The Morgan fingerprint density at radius 1 is 1.19 bits per heavy atom. The molecule has 2 N–H and O–H groups in total. The SMILES string of the molecule is CN=C(NCCc1ccc(Cl)s1)NC1CCN(Cc2ccccc2)CC1. The molecule has 0 unspecified atom stereocenters. The molecule has 0 aliphatic carbocycles. The van der Waals surface area contributed by atoms with Gasteiger partial charge < -0.3 is 10.6 Å². The summed E-state index contributed by atoms with van der Waals surface area (Å²) in [7, 11) is 1.84. The number of likely N-dealkylation sites (tertiary alicyclic amines) is 1. The van der Waals surface area contributed by atoms with E-state index in [9.17, 15) is 0 Å².